The number of amides is 1. The molecule has 2 aromatic carbocycles. The van der Waals surface area contributed by atoms with E-state index in [4.69, 9.17) is 4.52 Å². The van der Waals surface area contributed by atoms with E-state index in [2.05, 4.69) is 10.5 Å². The lowest BCUT2D eigenvalue weighted by atomic mass is 9.96. The maximum atomic E-state index is 13.8. The zero-order valence-electron chi connectivity index (χ0n) is 13.9. The molecule has 0 saturated carbocycles. The van der Waals surface area contributed by atoms with Crippen LogP contribution in [0.1, 0.15) is 30.5 Å². The number of carbonyl (C=O) groups excluding carboxylic acids is 1. The predicted octanol–water partition coefficient (Wildman–Crippen LogP) is 4.29. The molecule has 1 amide bonds. The Morgan fingerprint density at radius 2 is 1.88 bits per heavy atom. The molecule has 0 radical (unpaired) electrons. The average molecular weight is 338 g/mol. The van der Waals surface area contributed by atoms with Gasteiger partial charge in [0, 0.05) is 6.07 Å². The van der Waals surface area contributed by atoms with Crippen LogP contribution in [0.25, 0.3) is 11.3 Å². The molecule has 25 heavy (non-hydrogen) atoms. The summed E-state index contributed by atoms with van der Waals surface area (Å²) in [6.07, 6.45) is 0.704. The van der Waals surface area contributed by atoms with E-state index in [-0.39, 0.29) is 24.2 Å². The third-order valence-corrected chi connectivity index (χ3v) is 4.07. The van der Waals surface area contributed by atoms with Crippen molar-refractivity contribution in [3.63, 3.8) is 0 Å². The van der Waals surface area contributed by atoms with Crippen LogP contribution in [-0.2, 0) is 11.3 Å². The van der Waals surface area contributed by atoms with Crippen LogP contribution in [0, 0.1) is 5.82 Å². The average Bonchev–Trinajstić information content (AvgIpc) is 3.11. The highest BCUT2D eigenvalue weighted by Gasteiger charge is 2.19. The molecule has 0 aliphatic heterocycles. The number of rotatable bonds is 6. The topological polar surface area (TPSA) is 55.1 Å². The Morgan fingerprint density at radius 1 is 1.16 bits per heavy atom. The second-order valence-corrected chi connectivity index (χ2v) is 5.75. The lowest BCUT2D eigenvalue weighted by molar-refractivity contribution is -0.122. The van der Waals surface area contributed by atoms with E-state index in [1.165, 1.54) is 6.07 Å². The first-order valence-electron chi connectivity index (χ1n) is 8.22. The van der Waals surface area contributed by atoms with Crippen molar-refractivity contribution in [3.05, 3.63) is 77.7 Å². The summed E-state index contributed by atoms with van der Waals surface area (Å²) in [6, 6.07) is 17.6. The smallest absolute Gasteiger partial charge is 0.227 e. The first kappa shape index (κ1) is 16.9. The van der Waals surface area contributed by atoms with Gasteiger partial charge in [-0.25, -0.2) is 4.39 Å². The van der Waals surface area contributed by atoms with Crippen LogP contribution in [0.4, 0.5) is 4.39 Å². The van der Waals surface area contributed by atoms with Crippen LogP contribution in [0.3, 0.4) is 0 Å². The van der Waals surface area contributed by atoms with E-state index in [9.17, 15) is 9.18 Å². The molecule has 1 heterocycles. The Bertz CT molecular complexity index is 846. The fourth-order valence-electron chi connectivity index (χ4n) is 2.74. The van der Waals surface area contributed by atoms with Gasteiger partial charge in [0.1, 0.15) is 11.5 Å². The highest BCUT2D eigenvalue weighted by molar-refractivity contribution is 5.83. The van der Waals surface area contributed by atoms with Crippen LogP contribution < -0.4 is 5.32 Å². The summed E-state index contributed by atoms with van der Waals surface area (Å²) in [7, 11) is 0. The van der Waals surface area contributed by atoms with E-state index in [1.54, 1.807) is 24.3 Å². The molecule has 0 bridgehead atoms. The number of halogens is 1. The molecule has 1 atom stereocenters. The minimum Gasteiger partial charge on any atom is -0.356 e. The lowest BCUT2D eigenvalue weighted by Gasteiger charge is -2.14. The largest absolute Gasteiger partial charge is 0.356 e. The zero-order valence-corrected chi connectivity index (χ0v) is 13.9. The van der Waals surface area contributed by atoms with Gasteiger partial charge in [-0.05, 0) is 24.1 Å². The van der Waals surface area contributed by atoms with Gasteiger partial charge >= 0.3 is 0 Å². The minimum absolute atomic E-state index is 0.0656. The van der Waals surface area contributed by atoms with Gasteiger partial charge in [-0.15, -0.1) is 0 Å². The fourth-order valence-corrected chi connectivity index (χ4v) is 2.74. The molecular weight excluding hydrogens is 319 g/mol. The van der Waals surface area contributed by atoms with Gasteiger partial charge in [0.05, 0.1) is 18.0 Å². The number of carbonyl (C=O) groups is 1. The molecule has 3 aromatic rings. The molecule has 0 saturated heterocycles. The molecule has 1 N–H and O–H groups in total. The van der Waals surface area contributed by atoms with Crippen LogP contribution in [0.5, 0.6) is 0 Å². The van der Waals surface area contributed by atoms with Crippen LogP contribution in [-0.4, -0.2) is 11.1 Å². The third-order valence-electron chi connectivity index (χ3n) is 4.07. The summed E-state index contributed by atoms with van der Waals surface area (Å²) in [5.74, 6) is -0.301. The van der Waals surface area contributed by atoms with Crippen LogP contribution >= 0.6 is 0 Å². The van der Waals surface area contributed by atoms with Gasteiger partial charge in [0.2, 0.25) is 5.91 Å². The fraction of sp³-hybridized carbons (Fsp3) is 0.200. The second-order valence-electron chi connectivity index (χ2n) is 5.75. The Morgan fingerprint density at radius 3 is 2.60 bits per heavy atom. The molecular formula is C20H19FN2O2. The molecule has 4 nitrogen and oxygen atoms in total. The summed E-state index contributed by atoms with van der Waals surface area (Å²) in [6.45, 7) is 2.21. The standard InChI is InChI=1S/C20H19FN2O2/c1-2-16(14-8-4-3-5-9-14)20(24)22-13-15-12-19(25-23-15)17-10-6-7-11-18(17)21/h3-12,16H,2,13H2,1H3,(H,22,24). The monoisotopic (exact) mass is 338 g/mol. The number of hydrogen-bond acceptors (Lipinski definition) is 3. The van der Waals surface area contributed by atoms with Crippen LogP contribution in [0.2, 0.25) is 0 Å². The normalized spacial score (nSPS) is 11.9. The van der Waals surface area contributed by atoms with Crippen molar-refractivity contribution in [2.24, 2.45) is 0 Å². The Kier molecular flexibility index (Phi) is 5.23. The maximum absolute atomic E-state index is 13.8. The summed E-state index contributed by atoms with van der Waals surface area (Å²) in [5, 5.41) is 6.78. The number of nitrogens with one attached hydrogen (secondary N) is 1. The maximum Gasteiger partial charge on any atom is 0.227 e. The molecule has 1 aromatic heterocycles. The van der Waals surface area contributed by atoms with Crippen molar-refractivity contribution in [3.8, 4) is 11.3 Å². The molecule has 128 valence electrons. The first-order chi connectivity index (χ1) is 12.2. The van der Waals surface area contributed by atoms with Gasteiger partial charge in [-0.3, -0.25) is 4.79 Å². The number of nitrogens with zero attached hydrogens (tertiary/aromatic N) is 1. The molecule has 0 aliphatic rings. The minimum atomic E-state index is -0.371. The van der Waals surface area contributed by atoms with Gasteiger partial charge in [0.15, 0.2) is 5.76 Å². The summed E-state index contributed by atoms with van der Waals surface area (Å²) in [5.41, 5.74) is 1.88. The second kappa shape index (κ2) is 7.75. The molecule has 0 aliphatic carbocycles. The number of hydrogen-bond donors (Lipinski definition) is 1. The van der Waals surface area contributed by atoms with E-state index in [0.29, 0.717) is 23.4 Å². The van der Waals surface area contributed by atoms with Gasteiger partial charge in [0.25, 0.3) is 0 Å². The van der Waals surface area contributed by atoms with Crippen molar-refractivity contribution >= 4 is 5.91 Å². The van der Waals surface area contributed by atoms with E-state index >= 15 is 0 Å². The van der Waals surface area contributed by atoms with Gasteiger partial charge in [-0.1, -0.05) is 54.5 Å². The molecule has 0 fully saturated rings. The zero-order chi connectivity index (χ0) is 17.6. The van der Waals surface area contributed by atoms with Gasteiger partial charge < -0.3 is 9.84 Å². The van der Waals surface area contributed by atoms with E-state index in [0.717, 1.165) is 5.56 Å². The van der Waals surface area contributed by atoms with Crippen molar-refractivity contribution in [2.45, 2.75) is 25.8 Å². The Hall–Kier alpha value is -2.95. The van der Waals surface area contributed by atoms with E-state index in [1.807, 2.05) is 37.3 Å². The highest BCUT2D eigenvalue weighted by Crippen LogP contribution is 2.23. The predicted molar refractivity (Wildman–Crippen MR) is 93.2 cm³/mol. The van der Waals surface area contributed by atoms with Crippen LogP contribution in [0.15, 0.2) is 65.2 Å². The Balaban J connectivity index is 1.66. The molecule has 0 spiro atoms. The molecule has 3 rings (SSSR count). The lowest BCUT2D eigenvalue weighted by Crippen LogP contribution is -2.28. The summed E-state index contributed by atoms with van der Waals surface area (Å²) >= 11 is 0. The first-order valence-corrected chi connectivity index (χ1v) is 8.22. The van der Waals surface area contributed by atoms with Crippen molar-refractivity contribution in [1.82, 2.24) is 10.5 Å². The van der Waals surface area contributed by atoms with Crippen molar-refractivity contribution in [2.75, 3.05) is 0 Å². The van der Waals surface area contributed by atoms with Gasteiger partial charge in [-0.2, -0.15) is 0 Å². The van der Waals surface area contributed by atoms with E-state index < -0.39 is 0 Å². The molecule has 1 unspecified atom stereocenters. The van der Waals surface area contributed by atoms with Crippen molar-refractivity contribution in [1.29, 1.82) is 0 Å². The summed E-state index contributed by atoms with van der Waals surface area (Å²) < 4.78 is 19.0. The number of aromatic nitrogens is 1. The quantitative estimate of drug-likeness (QED) is 0.729. The number of benzene rings is 2. The highest BCUT2D eigenvalue weighted by atomic mass is 19.1. The third kappa shape index (κ3) is 3.94. The van der Waals surface area contributed by atoms with Crippen molar-refractivity contribution < 1.29 is 13.7 Å². The molecule has 5 heteroatoms. The summed E-state index contributed by atoms with van der Waals surface area (Å²) in [4.78, 5) is 12.4. The SMILES string of the molecule is CCC(C(=O)NCc1cc(-c2ccccc2F)on1)c1ccccc1. The Labute approximate surface area is 145 Å².